The third-order valence-corrected chi connectivity index (χ3v) is 3.74. The maximum Gasteiger partial charge on any atom is 0.119 e. The Bertz CT molecular complexity index is 379. The van der Waals surface area contributed by atoms with Gasteiger partial charge in [-0.1, -0.05) is 18.6 Å². The zero-order chi connectivity index (χ0) is 13.0. The molecule has 0 radical (unpaired) electrons. The highest BCUT2D eigenvalue weighted by Gasteiger charge is 2.26. The van der Waals surface area contributed by atoms with E-state index in [1.54, 1.807) is 7.11 Å². The molecule has 1 aliphatic rings. The maximum atomic E-state index is 9.86. The predicted octanol–water partition coefficient (Wildman–Crippen LogP) is 2.43. The molecule has 1 fully saturated rings. The van der Waals surface area contributed by atoms with Gasteiger partial charge in [-0.3, -0.25) is 4.90 Å². The minimum atomic E-state index is -0.254. The number of methoxy groups -OCH3 is 1. The third-order valence-electron chi connectivity index (χ3n) is 3.74. The number of hydrogen-bond acceptors (Lipinski definition) is 3. The van der Waals surface area contributed by atoms with Crippen molar-refractivity contribution in [2.75, 3.05) is 13.7 Å². The van der Waals surface area contributed by atoms with Crippen molar-refractivity contribution in [3.8, 4) is 5.75 Å². The highest BCUT2D eigenvalue weighted by molar-refractivity contribution is 5.28. The molecule has 1 N–H and O–H groups in total. The summed E-state index contributed by atoms with van der Waals surface area (Å²) in [5.74, 6) is 0.901. The lowest BCUT2D eigenvalue weighted by Crippen LogP contribution is -2.45. The molecule has 1 aliphatic heterocycles. The van der Waals surface area contributed by atoms with Crippen LogP contribution in [0, 0.1) is 0 Å². The molecule has 2 rings (SSSR count). The molecule has 0 unspecified atom stereocenters. The zero-order valence-electron chi connectivity index (χ0n) is 11.3. The van der Waals surface area contributed by atoms with E-state index in [2.05, 4.69) is 17.0 Å². The summed E-state index contributed by atoms with van der Waals surface area (Å²) >= 11 is 0. The van der Waals surface area contributed by atoms with Gasteiger partial charge in [0.05, 0.1) is 13.2 Å². The van der Waals surface area contributed by atoms with Gasteiger partial charge >= 0.3 is 0 Å². The van der Waals surface area contributed by atoms with Crippen LogP contribution in [0.1, 0.15) is 31.7 Å². The first kappa shape index (κ1) is 13.4. The highest BCUT2D eigenvalue weighted by Crippen LogP contribution is 2.23. The summed E-state index contributed by atoms with van der Waals surface area (Å²) in [6.45, 7) is 3.87. The lowest BCUT2D eigenvalue weighted by atomic mass is 9.97. The second-order valence-electron chi connectivity index (χ2n) is 5.13. The number of benzene rings is 1. The van der Waals surface area contributed by atoms with Gasteiger partial charge in [0, 0.05) is 12.6 Å². The molecule has 0 aromatic heterocycles. The Kier molecular flexibility index (Phi) is 4.61. The molecule has 1 aromatic rings. The van der Waals surface area contributed by atoms with Crippen LogP contribution in [-0.4, -0.2) is 35.8 Å². The van der Waals surface area contributed by atoms with Crippen LogP contribution in [-0.2, 0) is 6.54 Å². The van der Waals surface area contributed by atoms with Crippen LogP contribution in [0.15, 0.2) is 24.3 Å². The molecule has 1 aromatic carbocycles. The predicted molar refractivity (Wildman–Crippen MR) is 72.7 cm³/mol. The van der Waals surface area contributed by atoms with E-state index in [0.717, 1.165) is 25.3 Å². The molecule has 1 saturated heterocycles. The van der Waals surface area contributed by atoms with Crippen molar-refractivity contribution in [3.63, 3.8) is 0 Å². The number of aliphatic hydroxyl groups excluding tert-OH is 1. The van der Waals surface area contributed by atoms with Gasteiger partial charge in [0.25, 0.3) is 0 Å². The number of aliphatic hydroxyl groups is 1. The Balaban J connectivity index is 2.05. The van der Waals surface area contributed by atoms with E-state index in [0.29, 0.717) is 6.04 Å². The molecule has 0 aliphatic carbocycles. The summed E-state index contributed by atoms with van der Waals surface area (Å²) in [5, 5.41) is 9.86. The van der Waals surface area contributed by atoms with Crippen molar-refractivity contribution in [1.29, 1.82) is 0 Å². The third kappa shape index (κ3) is 3.24. The first-order chi connectivity index (χ1) is 8.70. The van der Waals surface area contributed by atoms with E-state index in [1.165, 1.54) is 18.4 Å². The summed E-state index contributed by atoms with van der Waals surface area (Å²) in [6.07, 6.45) is 3.30. The Labute approximate surface area is 109 Å². The monoisotopic (exact) mass is 249 g/mol. The normalized spacial score (nSPS) is 22.7. The lowest BCUT2D eigenvalue weighted by molar-refractivity contribution is 0.0316. The van der Waals surface area contributed by atoms with Crippen LogP contribution in [0.25, 0.3) is 0 Å². The van der Waals surface area contributed by atoms with Gasteiger partial charge in [-0.25, -0.2) is 0 Å². The molecule has 2 atom stereocenters. The second kappa shape index (κ2) is 6.21. The maximum absolute atomic E-state index is 9.86. The van der Waals surface area contributed by atoms with E-state index in [1.807, 2.05) is 19.1 Å². The highest BCUT2D eigenvalue weighted by atomic mass is 16.5. The molecule has 1 heterocycles. The molecular formula is C15H23NO2. The van der Waals surface area contributed by atoms with E-state index >= 15 is 0 Å². The van der Waals surface area contributed by atoms with Gasteiger partial charge in [0.1, 0.15) is 5.75 Å². The molecule has 0 spiro atoms. The zero-order valence-corrected chi connectivity index (χ0v) is 11.3. The summed E-state index contributed by atoms with van der Waals surface area (Å²) in [6, 6.07) is 8.48. The number of piperidine rings is 1. The van der Waals surface area contributed by atoms with E-state index < -0.39 is 0 Å². The Hall–Kier alpha value is -1.06. The first-order valence-electron chi connectivity index (χ1n) is 6.76. The Morgan fingerprint density at radius 3 is 3.00 bits per heavy atom. The fraction of sp³-hybridized carbons (Fsp3) is 0.600. The number of nitrogens with zero attached hydrogens (tertiary/aromatic N) is 1. The second-order valence-corrected chi connectivity index (χ2v) is 5.13. The molecule has 100 valence electrons. The standard InChI is InChI=1S/C15H23NO2/c1-12(17)15-8-3-4-9-16(15)11-13-6-5-7-14(10-13)18-2/h5-7,10,12,15,17H,3-4,8-9,11H2,1-2H3/t12-,15-/m1/s1. The summed E-state index contributed by atoms with van der Waals surface area (Å²) in [4.78, 5) is 2.39. The quantitative estimate of drug-likeness (QED) is 0.889. The van der Waals surface area contributed by atoms with Crippen molar-refractivity contribution in [2.24, 2.45) is 0 Å². The van der Waals surface area contributed by atoms with Gasteiger partial charge in [-0.15, -0.1) is 0 Å². The SMILES string of the molecule is COc1cccc(CN2CCCC[C@@H]2[C@@H](C)O)c1. The van der Waals surface area contributed by atoms with E-state index in [4.69, 9.17) is 4.74 Å². The van der Waals surface area contributed by atoms with Crippen LogP contribution in [0.5, 0.6) is 5.75 Å². The number of ether oxygens (including phenoxy) is 1. The molecular weight excluding hydrogens is 226 g/mol. The Morgan fingerprint density at radius 1 is 1.44 bits per heavy atom. The largest absolute Gasteiger partial charge is 0.497 e. The molecule has 18 heavy (non-hydrogen) atoms. The molecule has 3 heteroatoms. The number of hydrogen-bond donors (Lipinski definition) is 1. The van der Waals surface area contributed by atoms with Crippen LogP contribution >= 0.6 is 0 Å². The van der Waals surface area contributed by atoms with E-state index in [9.17, 15) is 5.11 Å². The van der Waals surface area contributed by atoms with Gasteiger partial charge in [-0.2, -0.15) is 0 Å². The van der Waals surface area contributed by atoms with Crippen molar-refractivity contribution < 1.29 is 9.84 Å². The molecule has 0 amide bonds. The average Bonchev–Trinajstić information content (AvgIpc) is 2.39. The van der Waals surface area contributed by atoms with Gasteiger partial charge in [0.2, 0.25) is 0 Å². The topological polar surface area (TPSA) is 32.7 Å². The van der Waals surface area contributed by atoms with Crippen LogP contribution in [0.2, 0.25) is 0 Å². The lowest BCUT2D eigenvalue weighted by Gasteiger charge is -2.37. The van der Waals surface area contributed by atoms with E-state index in [-0.39, 0.29) is 6.10 Å². The summed E-state index contributed by atoms with van der Waals surface area (Å²) in [7, 11) is 1.69. The molecule has 0 saturated carbocycles. The Morgan fingerprint density at radius 2 is 2.28 bits per heavy atom. The van der Waals surface area contributed by atoms with Gasteiger partial charge in [-0.05, 0) is 44.0 Å². The van der Waals surface area contributed by atoms with Gasteiger partial charge in [0.15, 0.2) is 0 Å². The molecule has 3 nitrogen and oxygen atoms in total. The fourth-order valence-corrected chi connectivity index (χ4v) is 2.76. The van der Waals surface area contributed by atoms with Gasteiger partial charge < -0.3 is 9.84 Å². The van der Waals surface area contributed by atoms with Crippen molar-refractivity contribution in [3.05, 3.63) is 29.8 Å². The van der Waals surface area contributed by atoms with Crippen LogP contribution in [0.4, 0.5) is 0 Å². The summed E-state index contributed by atoms with van der Waals surface area (Å²) < 4.78 is 5.25. The average molecular weight is 249 g/mol. The minimum absolute atomic E-state index is 0.254. The fourth-order valence-electron chi connectivity index (χ4n) is 2.76. The summed E-state index contributed by atoms with van der Waals surface area (Å²) in [5.41, 5.74) is 1.25. The number of rotatable bonds is 4. The van der Waals surface area contributed by atoms with Crippen molar-refractivity contribution >= 4 is 0 Å². The van der Waals surface area contributed by atoms with Crippen molar-refractivity contribution in [2.45, 2.75) is 44.9 Å². The number of likely N-dealkylation sites (tertiary alicyclic amines) is 1. The smallest absolute Gasteiger partial charge is 0.119 e. The van der Waals surface area contributed by atoms with Crippen LogP contribution in [0.3, 0.4) is 0 Å². The first-order valence-corrected chi connectivity index (χ1v) is 6.76. The van der Waals surface area contributed by atoms with Crippen molar-refractivity contribution in [1.82, 2.24) is 4.90 Å². The van der Waals surface area contributed by atoms with Crippen LogP contribution < -0.4 is 4.74 Å². The minimum Gasteiger partial charge on any atom is -0.497 e. The molecule has 0 bridgehead atoms.